The van der Waals surface area contributed by atoms with Gasteiger partial charge in [-0.25, -0.2) is 0 Å². The average molecular weight is 300 g/mol. The smallest absolute Gasteiger partial charge is 0.246 e. The molecular formula is C17H20N2O3. The number of piperidine rings is 1. The molecule has 3 fully saturated rings. The van der Waals surface area contributed by atoms with Gasteiger partial charge in [0, 0.05) is 12.0 Å². The lowest BCUT2D eigenvalue weighted by Crippen LogP contribution is -2.46. The molecule has 1 aliphatic carbocycles. The van der Waals surface area contributed by atoms with Crippen molar-refractivity contribution < 1.29 is 14.7 Å². The van der Waals surface area contributed by atoms with Gasteiger partial charge in [-0.3, -0.25) is 9.59 Å². The minimum atomic E-state index is -0.421. The third kappa shape index (κ3) is 1.96. The van der Waals surface area contributed by atoms with Crippen molar-refractivity contribution in [3.05, 3.63) is 35.9 Å². The van der Waals surface area contributed by atoms with Gasteiger partial charge in [0.25, 0.3) is 0 Å². The Labute approximate surface area is 129 Å². The lowest BCUT2D eigenvalue weighted by atomic mass is 10.1. The van der Waals surface area contributed by atoms with Gasteiger partial charge in [-0.15, -0.1) is 0 Å². The van der Waals surface area contributed by atoms with Gasteiger partial charge in [0.15, 0.2) is 0 Å². The number of nitrogens with one attached hydrogen (secondary N) is 1. The monoisotopic (exact) mass is 300 g/mol. The highest BCUT2D eigenvalue weighted by Gasteiger charge is 2.71. The summed E-state index contributed by atoms with van der Waals surface area (Å²) in [6.07, 6.45) is 2.94. The highest BCUT2D eigenvalue weighted by atomic mass is 16.3. The first-order valence-corrected chi connectivity index (χ1v) is 7.91. The molecule has 2 aliphatic heterocycles. The van der Waals surface area contributed by atoms with Crippen molar-refractivity contribution in [2.45, 2.75) is 43.3 Å². The van der Waals surface area contributed by atoms with Crippen LogP contribution in [0.5, 0.6) is 0 Å². The Bertz CT molecular complexity index is 618. The van der Waals surface area contributed by atoms with Crippen LogP contribution in [0.4, 0.5) is 0 Å². The maximum Gasteiger partial charge on any atom is 0.246 e. The molecule has 0 aromatic heterocycles. The molecule has 5 nitrogen and oxygen atoms in total. The van der Waals surface area contributed by atoms with Crippen LogP contribution in [0.3, 0.4) is 0 Å². The standard InChI is InChI=1S/C17H20N2O3/c20-10-13-7-12-8-17(12)9-14(16(22)19(13)17)18-15(21)6-11-4-2-1-3-5-11/h1-5,12-14,20H,6-10H2,(H,18,21)/t12-,13-,14+,17-/m1/s1. The lowest BCUT2D eigenvalue weighted by molar-refractivity contribution is -0.135. The number of nitrogens with zero attached hydrogens (tertiary/aromatic N) is 1. The van der Waals surface area contributed by atoms with Crippen LogP contribution >= 0.6 is 0 Å². The van der Waals surface area contributed by atoms with Crippen molar-refractivity contribution in [1.29, 1.82) is 0 Å². The third-order valence-corrected chi connectivity index (χ3v) is 5.45. The molecule has 0 bridgehead atoms. The molecule has 4 atom stereocenters. The fourth-order valence-corrected chi connectivity index (χ4v) is 4.41. The largest absolute Gasteiger partial charge is 0.394 e. The van der Waals surface area contributed by atoms with Crippen molar-refractivity contribution >= 4 is 11.8 Å². The van der Waals surface area contributed by atoms with E-state index in [0.717, 1.165) is 18.4 Å². The molecule has 116 valence electrons. The zero-order valence-electron chi connectivity index (χ0n) is 12.4. The minimum absolute atomic E-state index is 0.0135. The summed E-state index contributed by atoms with van der Waals surface area (Å²) in [5, 5.41) is 12.3. The Morgan fingerprint density at radius 1 is 1.32 bits per heavy atom. The van der Waals surface area contributed by atoms with Crippen LogP contribution in [0.2, 0.25) is 0 Å². The first-order valence-electron chi connectivity index (χ1n) is 7.91. The normalized spacial score (nSPS) is 35.2. The summed E-state index contributed by atoms with van der Waals surface area (Å²) >= 11 is 0. The number of carbonyl (C=O) groups is 2. The molecule has 0 unspecified atom stereocenters. The van der Waals surface area contributed by atoms with E-state index in [1.165, 1.54) is 0 Å². The SMILES string of the molecule is O=C(Cc1ccccc1)N[C@H]1C[C@]23C[C@H]2C[C@H](CO)N3C1=O. The maximum atomic E-state index is 12.6. The highest BCUT2D eigenvalue weighted by Crippen LogP contribution is 2.63. The lowest BCUT2D eigenvalue weighted by Gasteiger charge is -2.26. The van der Waals surface area contributed by atoms with Crippen LogP contribution in [0.25, 0.3) is 0 Å². The van der Waals surface area contributed by atoms with E-state index in [9.17, 15) is 14.7 Å². The second kappa shape index (κ2) is 4.81. The summed E-state index contributed by atoms with van der Waals surface area (Å²) in [5.41, 5.74) is 0.886. The number of rotatable bonds is 4. The van der Waals surface area contributed by atoms with E-state index in [0.29, 0.717) is 18.8 Å². The van der Waals surface area contributed by atoms with E-state index in [-0.39, 0.29) is 30.0 Å². The molecule has 2 N–H and O–H groups in total. The minimum Gasteiger partial charge on any atom is -0.394 e. The van der Waals surface area contributed by atoms with Crippen molar-refractivity contribution in [1.82, 2.24) is 10.2 Å². The molecule has 2 amide bonds. The summed E-state index contributed by atoms with van der Waals surface area (Å²) < 4.78 is 0. The maximum absolute atomic E-state index is 12.6. The van der Waals surface area contributed by atoms with Gasteiger partial charge in [0.05, 0.1) is 19.1 Å². The molecule has 1 spiro atoms. The highest BCUT2D eigenvalue weighted by molar-refractivity contribution is 5.92. The third-order valence-electron chi connectivity index (χ3n) is 5.45. The molecule has 1 aromatic rings. The molecule has 1 aromatic carbocycles. The van der Waals surface area contributed by atoms with Gasteiger partial charge >= 0.3 is 0 Å². The van der Waals surface area contributed by atoms with Crippen LogP contribution in [0.1, 0.15) is 24.8 Å². The van der Waals surface area contributed by atoms with Gasteiger partial charge in [0.1, 0.15) is 6.04 Å². The second-order valence-corrected chi connectivity index (χ2v) is 6.77. The summed E-state index contributed by atoms with van der Waals surface area (Å²) in [7, 11) is 0. The Kier molecular flexibility index (Phi) is 3.01. The van der Waals surface area contributed by atoms with Crippen molar-refractivity contribution in [2.75, 3.05) is 6.61 Å². The van der Waals surface area contributed by atoms with Crippen LogP contribution in [-0.4, -0.2) is 46.1 Å². The Hall–Kier alpha value is -1.88. The fourth-order valence-electron chi connectivity index (χ4n) is 4.41. The van der Waals surface area contributed by atoms with E-state index >= 15 is 0 Å². The summed E-state index contributed by atoms with van der Waals surface area (Å²) in [6, 6.07) is 9.06. The number of benzene rings is 1. The van der Waals surface area contributed by atoms with Crippen LogP contribution in [0.15, 0.2) is 30.3 Å². The predicted molar refractivity (Wildman–Crippen MR) is 79.9 cm³/mol. The summed E-state index contributed by atoms with van der Waals surface area (Å²) in [4.78, 5) is 26.6. The molecular weight excluding hydrogens is 280 g/mol. The van der Waals surface area contributed by atoms with Crippen molar-refractivity contribution in [3.8, 4) is 0 Å². The van der Waals surface area contributed by atoms with E-state index in [4.69, 9.17) is 0 Å². The molecule has 1 saturated carbocycles. The van der Waals surface area contributed by atoms with Gasteiger partial charge in [-0.2, -0.15) is 0 Å². The van der Waals surface area contributed by atoms with Crippen LogP contribution in [-0.2, 0) is 16.0 Å². The Morgan fingerprint density at radius 3 is 2.82 bits per heavy atom. The number of hydrogen-bond donors (Lipinski definition) is 2. The molecule has 22 heavy (non-hydrogen) atoms. The molecule has 2 saturated heterocycles. The molecule has 0 radical (unpaired) electrons. The zero-order chi connectivity index (χ0) is 15.3. The van der Waals surface area contributed by atoms with Gasteiger partial charge < -0.3 is 15.3 Å². The van der Waals surface area contributed by atoms with Gasteiger partial charge in [0.2, 0.25) is 11.8 Å². The molecule has 5 heteroatoms. The Balaban J connectivity index is 1.42. The first kappa shape index (κ1) is 13.8. The van der Waals surface area contributed by atoms with Crippen LogP contribution < -0.4 is 5.32 Å². The number of hydrogen-bond acceptors (Lipinski definition) is 3. The number of aliphatic hydroxyl groups excluding tert-OH is 1. The van der Waals surface area contributed by atoms with Crippen LogP contribution in [0, 0.1) is 5.92 Å². The van der Waals surface area contributed by atoms with Crippen molar-refractivity contribution in [2.24, 2.45) is 5.92 Å². The van der Waals surface area contributed by atoms with E-state index in [2.05, 4.69) is 5.32 Å². The number of carbonyl (C=O) groups excluding carboxylic acids is 2. The predicted octanol–water partition coefficient (Wildman–Crippen LogP) is 0.469. The summed E-state index contributed by atoms with van der Waals surface area (Å²) in [5.74, 6) is 0.393. The van der Waals surface area contributed by atoms with Gasteiger partial charge in [-0.1, -0.05) is 30.3 Å². The number of aliphatic hydroxyl groups is 1. The second-order valence-electron chi connectivity index (χ2n) is 6.77. The fraction of sp³-hybridized carbons (Fsp3) is 0.529. The number of amides is 2. The zero-order valence-corrected chi connectivity index (χ0v) is 12.4. The first-order chi connectivity index (χ1) is 10.6. The summed E-state index contributed by atoms with van der Waals surface area (Å²) in [6.45, 7) is 0.0225. The molecule has 2 heterocycles. The topological polar surface area (TPSA) is 69.6 Å². The van der Waals surface area contributed by atoms with E-state index in [1.807, 2.05) is 35.2 Å². The van der Waals surface area contributed by atoms with Gasteiger partial charge in [-0.05, 0) is 24.3 Å². The molecule has 4 rings (SSSR count). The Morgan fingerprint density at radius 2 is 2.09 bits per heavy atom. The van der Waals surface area contributed by atoms with Crippen molar-refractivity contribution in [3.63, 3.8) is 0 Å². The quantitative estimate of drug-likeness (QED) is 0.849. The molecule has 3 aliphatic rings. The average Bonchev–Trinajstić information content (AvgIpc) is 2.99. The van der Waals surface area contributed by atoms with E-state index in [1.54, 1.807) is 0 Å². The van der Waals surface area contributed by atoms with E-state index < -0.39 is 6.04 Å².